The average molecular weight is 349 g/mol. The zero-order chi connectivity index (χ0) is 16.9. The second kappa shape index (κ2) is 5.37. The van der Waals surface area contributed by atoms with Gasteiger partial charge in [0.15, 0.2) is 0 Å². The van der Waals surface area contributed by atoms with Crippen molar-refractivity contribution in [1.82, 2.24) is 9.78 Å². The molecule has 0 saturated carbocycles. The quantitative estimate of drug-likeness (QED) is 0.713. The first kappa shape index (κ1) is 15.3. The monoisotopic (exact) mass is 349 g/mol. The third-order valence-corrected chi connectivity index (χ3v) is 5.05. The molecular weight excluding hydrogens is 335 g/mol. The molecule has 0 aliphatic carbocycles. The molecule has 0 unspecified atom stereocenters. The van der Waals surface area contributed by atoms with E-state index < -0.39 is 11.7 Å². The van der Waals surface area contributed by atoms with Crippen LogP contribution in [0.25, 0.3) is 16.3 Å². The average Bonchev–Trinajstić information content (AvgIpc) is 3.22. The highest BCUT2D eigenvalue weighted by molar-refractivity contribution is 7.15. The third kappa shape index (κ3) is 2.49. The van der Waals surface area contributed by atoms with Crippen molar-refractivity contribution in [1.29, 1.82) is 0 Å². The van der Waals surface area contributed by atoms with Crippen LogP contribution in [0.15, 0.2) is 36.4 Å². The SMILES string of the molecule is Cc1ccc(-c2nn(-c3cccc(C(F)(F)F)c3)c3c2CCN3)s1. The Morgan fingerprint density at radius 2 is 2.04 bits per heavy atom. The van der Waals surface area contributed by atoms with E-state index in [0.717, 1.165) is 47.1 Å². The number of aryl methyl sites for hydroxylation is 1. The number of fused-ring (bicyclic) bond motifs is 1. The number of benzene rings is 1. The van der Waals surface area contributed by atoms with Crippen LogP contribution in [0.3, 0.4) is 0 Å². The Labute approximate surface area is 140 Å². The van der Waals surface area contributed by atoms with Gasteiger partial charge in [-0.25, -0.2) is 4.68 Å². The molecule has 3 nitrogen and oxygen atoms in total. The first-order chi connectivity index (χ1) is 11.4. The van der Waals surface area contributed by atoms with Crippen molar-refractivity contribution < 1.29 is 13.2 Å². The summed E-state index contributed by atoms with van der Waals surface area (Å²) in [6.45, 7) is 2.79. The number of hydrogen-bond donors (Lipinski definition) is 1. The fraction of sp³-hybridized carbons (Fsp3) is 0.235. The summed E-state index contributed by atoms with van der Waals surface area (Å²) in [5, 5.41) is 7.85. The van der Waals surface area contributed by atoms with Crippen LogP contribution in [0.1, 0.15) is 16.0 Å². The number of rotatable bonds is 2. The van der Waals surface area contributed by atoms with Crippen LogP contribution in [0.2, 0.25) is 0 Å². The van der Waals surface area contributed by atoms with E-state index >= 15 is 0 Å². The van der Waals surface area contributed by atoms with Gasteiger partial charge in [-0.15, -0.1) is 11.3 Å². The lowest BCUT2D eigenvalue weighted by molar-refractivity contribution is -0.137. The zero-order valence-corrected chi connectivity index (χ0v) is 13.6. The summed E-state index contributed by atoms with van der Waals surface area (Å²) in [7, 11) is 0. The minimum atomic E-state index is -4.37. The van der Waals surface area contributed by atoms with E-state index in [0.29, 0.717) is 5.69 Å². The van der Waals surface area contributed by atoms with Crippen LogP contribution in [-0.2, 0) is 12.6 Å². The molecule has 1 aliphatic rings. The summed E-state index contributed by atoms with van der Waals surface area (Å²) in [4.78, 5) is 2.22. The molecule has 1 aliphatic heterocycles. The van der Waals surface area contributed by atoms with Crippen molar-refractivity contribution in [2.24, 2.45) is 0 Å². The molecule has 3 heterocycles. The van der Waals surface area contributed by atoms with E-state index in [-0.39, 0.29) is 0 Å². The first-order valence-corrected chi connectivity index (χ1v) is 8.35. The molecule has 0 fully saturated rings. The van der Waals surface area contributed by atoms with Crippen molar-refractivity contribution in [3.8, 4) is 16.3 Å². The fourth-order valence-corrected chi connectivity index (χ4v) is 3.81. The molecule has 0 bridgehead atoms. The molecule has 0 saturated heterocycles. The fourth-order valence-electron chi connectivity index (χ4n) is 2.94. The molecule has 0 amide bonds. The van der Waals surface area contributed by atoms with Gasteiger partial charge in [0.25, 0.3) is 0 Å². The maximum atomic E-state index is 13.0. The van der Waals surface area contributed by atoms with E-state index in [1.54, 1.807) is 22.1 Å². The Morgan fingerprint density at radius 3 is 2.75 bits per heavy atom. The summed E-state index contributed by atoms with van der Waals surface area (Å²) in [5.41, 5.74) is 1.66. The number of halogens is 3. The first-order valence-electron chi connectivity index (χ1n) is 7.54. The predicted molar refractivity (Wildman–Crippen MR) is 88.8 cm³/mol. The predicted octanol–water partition coefficient (Wildman–Crippen LogP) is 4.90. The van der Waals surface area contributed by atoms with Crippen LogP contribution in [-0.4, -0.2) is 16.3 Å². The molecule has 4 rings (SSSR count). The van der Waals surface area contributed by atoms with Gasteiger partial charge in [-0.05, 0) is 43.7 Å². The summed E-state index contributed by atoms with van der Waals surface area (Å²) < 4.78 is 40.5. The number of alkyl halides is 3. The number of nitrogens with one attached hydrogen (secondary N) is 1. The molecule has 24 heavy (non-hydrogen) atoms. The van der Waals surface area contributed by atoms with Crippen molar-refractivity contribution in [3.05, 3.63) is 52.4 Å². The molecule has 0 atom stereocenters. The van der Waals surface area contributed by atoms with Crippen LogP contribution >= 0.6 is 11.3 Å². The number of thiophene rings is 1. The second-order valence-electron chi connectivity index (χ2n) is 5.72. The van der Waals surface area contributed by atoms with Gasteiger partial charge >= 0.3 is 6.18 Å². The Kier molecular flexibility index (Phi) is 3.42. The minimum Gasteiger partial charge on any atom is -0.369 e. The number of aromatic nitrogens is 2. The highest BCUT2D eigenvalue weighted by Crippen LogP contribution is 2.38. The summed E-state index contributed by atoms with van der Waals surface area (Å²) in [6, 6.07) is 9.30. The molecule has 3 aromatic rings. The highest BCUT2D eigenvalue weighted by atomic mass is 32.1. The van der Waals surface area contributed by atoms with Gasteiger partial charge in [-0.2, -0.15) is 18.3 Å². The summed E-state index contributed by atoms with van der Waals surface area (Å²) in [5.74, 6) is 0.787. The Balaban J connectivity index is 1.86. The van der Waals surface area contributed by atoms with Crippen LogP contribution in [0.4, 0.5) is 19.0 Å². The number of nitrogens with zero attached hydrogens (tertiary/aromatic N) is 2. The van der Waals surface area contributed by atoms with Gasteiger partial charge in [0, 0.05) is 17.0 Å². The van der Waals surface area contributed by atoms with Crippen LogP contribution in [0, 0.1) is 6.92 Å². The van der Waals surface area contributed by atoms with Gasteiger partial charge in [0.2, 0.25) is 0 Å². The summed E-state index contributed by atoms with van der Waals surface area (Å²) >= 11 is 1.64. The van der Waals surface area contributed by atoms with E-state index in [1.165, 1.54) is 10.9 Å². The number of anilines is 1. The molecule has 0 radical (unpaired) electrons. The minimum absolute atomic E-state index is 0.412. The molecule has 2 aromatic heterocycles. The van der Waals surface area contributed by atoms with Gasteiger partial charge in [-0.1, -0.05) is 6.07 Å². The normalized spacial score (nSPS) is 13.8. The summed E-state index contributed by atoms with van der Waals surface area (Å²) in [6.07, 6.45) is -3.55. The zero-order valence-electron chi connectivity index (χ0n) is 12.8. The Bertz CT molecular complexity index is 908. The Hall–Kier alpha value is -2.28. The molecule has 124 valence electrons. The van der Waals surface area contributed by atoms with Crippen molar-refractivity contribution in [2.45, 2.75) is 19.5 Å². The molecule has 0 spiro atoms. The van der Waals surface area contributed by atoms with E-state index in [4.69, 9.17) is 0 Å². The van der Waals surface area contributed by atoms with E-state index in [1.807, 2.05) is 19.1 Å². The van der Waals surface area contributed by atoms with Gasteiger partial charge in [0.05, 0.1) is 16.1 Å². The molecular formula is C17H14F3N3S. The highest BCUT2D eigenvalue weighted by Gasteiger charge is 2.31. The van der Waals surface area contributed by atoms with Crippen LogP contribution < -0.4 is 5.32 Å². The third-order valence-electron chi connectivity index (χ3n) is 4.04. The number of hydrogen-bond acceptors (Lipinski definition) is 3. The topological polar surface area (TPSA) is 29.9 Å². The smallest absolute Gasteiger partial charge is 0.369 e. The van der Waals surface area contributed by atoms with Gasteiger partial charge in [-0.3, -0.25) is 0 Å². The standard InChI is InChI=1S/C17H14F3N3S/c1-10-5-6-14(24-10)15-13-7-8-21-16(13)23(22-15)12-4-2-3-11(9-12)17(18,19)20/h2-6,9,21H,7-8H2,1H3. The second-order valence-corrected chi connectivity index (χ2v) is 7.01. The molecule has 7 heteroatoms. The Morgan fingerprint density at radius 1 is 1.21 bits per heavy atom. The maximum absolute atomic E-state index is 13.0. The van der Waals surface area contributed by atoms with Gasteiger partial charge in [0.1, 0.15) is 11.5 Å². The lowest BCUT2D eigenvalue weighted by atomic mass is 10.2. The van der Waals surface area contributed by atoms with E-state index in [9.17, 15) is 13.2 Å². The van der Waals surface area contributed by atoms with Crippen molar-refractivity contribution in [3.63, 3.8) is 0 Å². The molecule has 1 N–H and O–H groups in total. The lowest BCUT2D eigenvalue weighted by Crippen LogP contribution is -2.08. The van der Waals surface area contributed by atoms with Crippen molar-refractivity contribution in [2.75, 3.05) is 11.9 Å². The molecule has 1 aromatic carbocycles. The largest absolute Gasteiger partial charge is 0.416 e. The van der Waals surface area contributed by atoms with Crippen LogP contribution in [0.5, 0.6) is 0 Å². The maximum Gasteiger partial charge on any atom is 0.416 e. The lowest BCUT2D eigenvalue weighted by Gasteiger charge is -2.10. The van der Waals surface area contributed by atoms with E-state index in [2.05, 4.69) is 10.4 Å². The van der Waals surface area contributed by atoms with Gasteiger partial charge < -0.3 is 5.32 Å². The van der Waals surface area contributed by atoms with Crippen molar-refractivity contribution >= 4 is 17.2 Å².